The van der Waals surface area contributed by atoms with Gasteiger partial charge in [-0.05, 0) is 30.5 Å². The maximum Gasteiger partial charge on any atom is 0.241 e. The Bertz CT molecular complexity index is 620. The van der Waals surface area contributed by atoms with Gasteiger partial charge in [-0.25, -0.2) is 8.42 Å². The zero-order valence-corrected chi connectivity index (χ0v) is 14.8. The van der Waals surface area contributed by atoms with Gasteiger partial charge in [0.05, 0.1) is 18.0 Å². The van der Waals surface area contributed by atoms with Gasteiger partial charge in [0.15, 0.2) is 0 Å². The van der Waals surface area contributed by atoms with Crippen molar-refractivity contribution in [3.63, 3.8) is 0 Å². The highest BCUT2D eigenvalue weighted by Crippen LogP contribution is 2.21. The molecule has 0 fully saturated rings. The average Bonchev–Trinajstić information content (AvgIpc) is 2.39. The summed E-state index contributed by atoms with van der Waals surface area (Å²) >= 11 is 0. The van der Waals surface area contributed by atoms with Crippen molar-refractivity contribution in [2.75, 3.05) is 16.3 Å². The Kier molecular flexibility index (Phi) is 7.86. The van der Waals surface area contributed by atoms with Gasteiger partial charge >= 0.3 is 0 Å². The summed E-state index contributed by atoms with van der Waals surface area (Å²) in [6.45, 7) is 5.66. The molecular weight excluding hydrogens is 326 g/mol. The molecule has 6 nitrogen and oxygen atoms in total. The molecule has 1 aromatic carbocycles. The van der Waals surface area contributed by atoms with Crippen LogP contribution in [0.15, 0.2) is 18.2 Å². The summed E-state index contributed by atoms with van der Waals surface area (Å²) in [6.07, 6.45) is 1.89. The van der Waals surface area contributed by atoms with E-state index in [9.17, 15) is 13.2 Å². The molecule has 1 rings (SSSR count). The minimum absolute atomic E-state index is 0. The average molecular weight is 350 g/mol. The van der Waals surface area contributed by atoms with E-state index < -0.39 is 16.1 Å². The standard InChI is InChI=1S/C14H23N3O3S.ClH/c1-5-9(2)13(15)14(18)16-11-7-6-10(3)12(8-11)17-21(4,19)20;/h6-9,13,17H,5,15H2,1-4H3,(H,16,18);1H. The van der Waals surface area contributed by atoms with Crippen LogP contribution in [0, 0.1) is 12.8 Å². The SMILES string of the molecule is CCC(C)C(N)C(=O)Nc1ccc(C)c(NS(C)(=O)=O)c1.Cl. The number of amides is 1. The highest BCUT2D eigenvalue weighted by molar-refractivity contribution is 7.92. The van der Waals surface area contributed by atoms with Crippen LogP contribution in [0.4, 0.5) is 11.4 Å². The van der Waals surface area contributed by atoms with E-state index in [4.69, 9.17) is 5.73 Å². The third-order valence-electron chi connectivity index (χ3n) is 3.36. The number of rotatable bonds is 6. The molecule has 2 unspecified atom stereocenters. The van der Waals surface area contributed by atoms with Crippen molar-refractivity contribution in [1.82, 2.24) is 0 Å². The van der Waals surface area contributed by atoms with Crippen LogP contribution in [-0.4, -0.2) is 26.6 Å². The van der Waals surface area contributed by atoms with Crippen LogP contribution in [0.5, 0.6) is 0 Å². The van der Waals surface area contributed by atoms with E-state index in [0.717, 1.165) is 18.2 Å². The fraction of sp³-hybridized carbons (Fsp3) is 0.500. The molecule has 4 N–H and O–H groups in total. The number of nitrogens with two attached hydrogens (primary N) is 1. The fourth-order valence-corrected chi connectivity index (χ4v) is 2.37. The van der Waals surface area contributed by atoms with Crippen LogP contribution >= 0.6 is 12.4 Å². The second kappa shape index (κ2) is 8.36. The summed E-state index contributed by atoms with van der Waals surface area (Å²) in [5.41, 5.74) is 7.58. The molecule has 0 saturated heterocycles. The molecule has 0 saturated carbocycles. The molecule has 22 heavy (non-hydrogen) atoms. The Morgan fingerprint density at radius 2 is 1.95 bits per heavy atom. The van der Waals surface area contributed by atoms with Gasteiger partial charge in [-0.2, -0.15) is 0 Å². The van der Waals surface area contributed by atoms with Crippen LogP contribution < -0.4 is 15.8 Å². The molecule has 1 aromatic rings. The number of carbonyl (C=O) groups excluding carboxylic acids is 1. The number of hydrogen-bond acceptors (Lipinski definition) is 4. The van der Waals surface area contributed by atoms with Crippen molar-refractivity contribution in [3.8, 4) is 0 Å². The number of sulfonamides is 1. The Hall–Kier alpha value is -1.31. The number of anilines is 2. The lowest BCUT2D eigenvalue weighted by molar-refractivity contribution is -0.118. The second-order valence-electron chi connectivity index (χ2n) is 5.30. The molecule has 0 aliphatic carbocycles. The van der Waals surface area contributed by atoms with Crippen molar-refractivity contribution in [2.24, 2.45) is 11.7 Å². The lowest BCUT2D eigenvalue weighted by atomic mass is 9.99. The van der Waals surface area contributed by atoms with E-state index in [2.05, 4.69) is 10.0 Å². The Balaban J connectivity index is 0.00000441. The zero-order valence-electron chi connectivity index (χ0n) is 13.2. The van der Waals surface area contributed by atoms with Crippen LogP contribution in [0.25, 0.3) is 0 Å². The molecule has 8 heteroatoms. The molecule has 0 spiro atoms. The molecule has 126 valence electrons. The van der Waals surface area contributed by atoms with Gasteiger partial charge < -0.3 is 11.1 Å². The lowest BCUT2D eigenvalue weighted by Gasteiger charge is -2.18. The summed E-state index contributed by atoms with van der Waals surface area (Å²) in [7, 11) is -3.37. The monoisotopic (exact) mass is 349 g/mol. The smallest absolute Gasteiger partial charge is 0.241 e. The summed E-state index contributed by atoms with van der Waals surface area (Å²) in [4.78, 5) is 12.0. The van der Waals surface area contributed by atoms with E-state index >= 15 is 0 Å². The third kappa shape index (κ3) is 6.21. The van der Waals surface area contributed by atoms with Crippen LogP contribution in [0.1, 0.15) is 25.8 Å². The summed E-state index contributed by atoms with van der Waals surface area (Å²) in [6, 6.07) is 4.43. The minimum atomic E-state index is -3.37. The Morgan fingerprint density at radius 3 is 2.45 bits per heavy atom. The van der Waals surface area contributed by atoms with Gasteiger partial charge in [0.25, 0.3) is 0 Å². The zero-order chi connectivity index (χ0) is 16.2. The number of halogens is 1. The quantitative estimate of drug-likeness (QED) is 0.731. The maximum atomic E-state index is 12.0. The molecule has 0 aliphatic rings. The van der Waals surface area contributed by atoms with Gasteiger partial charge in [0, 0.05) is 5.69 Å². The normalized spacial score (nSPS) is 13.7. The highest BCUT2D eigenvalue weighted by Gasteiger charge is 2.19. The fourth-order valence-electron chi connectivity index (χ4n) is 1.75. The van der Waals surface area contributed by atoms with Crippen molar-refractivity contribution in [1.29, 1.82) is 0 Å². The van der Waals surface area contributed by atoms with E-state index in [1.54, 1.807) is 25.1 Å². The third-order valence-corrected chi connectivity index (χ3v) is 3.95. The van der Waals surface area contributed by atoms with Gasteiger partial charge in [-0.1, -0.05) is 26.3 Å². The molecule has 0 bridgehead atoms. The molecule has 0 heterocycles. The predicted octanol–water partition coefficient (Wildman–Crippen LogP) is 2.10. The summed E-state index contributed by atoms with van der Waals surface area (Å²) in [5.74, 6) is -0.206. The largest absolute Gasteiger partial charge is 0.325 e. The number of hydrogen-bond donors (Lipinski definition) is 3. The molecule has 1 amide bonds. The Labute approximate surface area is 138 Å². The number of nitrogens with one attached hydrogen (secondary N) is 2. The summed E-state index contributed by atoms with van der Waals surface area (Å²) < 4.78 is 25.0. The van der Waals surface area contributed by atoms with Crippen LogP contribution in [0.2, 0.25) is 0 Å². The minimum Gasteiger partial charge on any atom is -0.325 e. The second-order valence-corrected chi connectivity index (χ2v) is 7.05. The van der Waals surface area contributed by atoms with Crippen molar-refractivity contribution in [3.05, 3.63) is 23.8 Å². The van der Waals surface area contributed by atoms with Crippen molar-refractivity contribution in [2.45, 2.75) is 33.2 Å². The number of benzene rings is 1. The van der Waals surface area contributed by atoms with Gasteiger partial charge in [0.2, 0.25) is 15.9 Å². The highest BCUT2D eigenvalue weighted by atomic mass is 35.5. The molecule has 0 aliphatic heterocycles. The first kappa shape index (κ1) is 20.7. The molecule has 0 aromatic heterocycles. The first-order valence-electron chi connectivity index (χ1n) is 6.79. The van der Waals surface area contributed by atoms with Crippen molar-refractivity contribution >= 4 is 39.7 Å². The van der Waals surface area contributed by atoms with Gasteiger partial charge in [-0.15, -0.1) is 12.4 Å². The Morgan fingerprint density at radius 1 is 1.36 bits per heavy atom. The van der Waals surface area contributed by atoms with Crippen LogP contribution in [0.3, 0.4) is 0 Å². The lowest BCUT2D eigenvalue weighted by Crippen LogP contribution is -2.40. The van der Waals surface area contributed by atoms with E-state index in [-0.39, 0.29) is 24.2 Å². The van der Waals surface area contributed by atoms with Crippen LogP contribution in [-0.2, 0) is 14.8 Å². The van der Waals surface area contributed by atoms with E-state index in [0.29, 0.717) is 11.4 Å². The maximum absolute atomic E-state index is 12.0. The van der Waals surface area contributed by atoms with E-state index in [1.807, 2.05) is 13.8 Å². The number of carbonyl (C=O) groups is 1. The first-order chi connectivity index (χ1) is 9.64. The molecular formula is C14H24ClN3O3S. The van der Waals surface area contributed by atoms with Gasteiger partial charge in [0.1, 0.15) is 0 Å². The predicted molar refractivity (Wildman–Crippen MR) is 93.0 cm³/mol. The first-order valence-corrected chi connectivity index (χ1v) is 8.68. The molecule has 2 atom stereocenters. The van der Waals surface area contributed by atoms with Crippen molar-refractivity contribution < 1.29 is 13.2 Å². The van der Waals surface area contributed by atoms with E-state index in [1.165, 1.54) is 0 Å². The molecule has 0 radical (unpaired) electrons. The summed E-state index contributed by atoms with van der Waals surface area (Å²) in [5, 5.41) is 2.71. The number of aryl methyl sites for hydroxylation is 1. The van der Waals surface area contributed by atoms with Gasteiger partial charge in [-0.3, -0.25) is 9.52 Å². The topological polar surface area (TPSA) is 101 Å².